The van der Waals surface area contributed by atoms with Crippen LogP contribution in [0.15, 0.2) is 60.7 Å². The lowest BCUT2D eigenvalue weighted by atomic mass is 9.83. The molecule has 0 atom stereocenters. The van der Waals surface area contributed by atoms with Crippen molar-refractivity contribution in [1.29, 1.82) is 0 Å². The molecule has 0 aliphatic carbocycles. The van der Waals surface area contributed by atoms with E-state index in [1.807, 2.05) is 18.2 Å². The maximum Gasteiger partial charge on any atom is 0.336 e. The Hall–Kier alpha value is -4.64. The third-order valence-electron chi connectivity index (χ3n) is 11.1. The zero-order valence-electron chi connectivity index (χ0n) is 25.4. The number of hydrogen-bond acceptors (Lipinski definition) is 3. The molecule has 0 unspecified atom stereocenters. The highest BCUT2D eigenvalue weighted by Gasteiger charge is 2.32. The van der Waals surface area contributed by atoms with E-state index in [0.717, 1.165) is 96.1 Å². The smallest absolute Gasteiger partial charge is 0.336 e. The average molecular weight is 592 g/mol. The van der Waals surface area contributed by atoms with Crippen LogP contribution in [0.1, 0.15) is 69.4 Å². The van der Waals surface area contributed by atoms with Crippen LogP contribution in [0, 0.1) is 0 Å². The van der Waals surface area contributed by atoms with Crippen molar-refractivity contribution < 1.29 is 14.6 Å². The van der Waals surface area contributed by atoms with Gasteiger partial charge in [-0.05, 0) is 96.3 Å². The van der Waals surface area contributed by atoms with Gasteiger partial charge in [0.1, 0.15) is 24.6 Å². The van der Waals surface area contributed by atoms with E-state index in [1.165, 1.54) is 69.8 Å². The summed E-state index contributed by atoms with van der Waals surface area (Å²) in [5.41, 5.74) is 10.2. The van der Waals surface area contributed by atoms with Gasteiger partial charge in [0.2, 0.25) is 5.36 Å². The summed E-state index contributed by atoms with van der Waals surface area (Å²) >= 11 is 0. The lowest BCUT2D eigenvalue weighted by Gasteiger charge is -2.38. The van der Waals surface area contributed by atoms with Gasteiger partial charge in [0, 0.05) is 69.9 Å². The number of hydrogen-bond donors (Lipinski definition) is 1. The van der Waals surface area contributed by atoms with E-state index in [-0.39, 0.29) is 0 Å². The fourth-order valence-corrected chi connectivity index (χ4v) is 9.34. The molecule has 0 spiro atoms. The van der Waals surface area contributed by atoms with E-state index in [2.05, 4.69) is 45.9 Å². The topological polar surface area (TPSA) is 52.8 Å². The second-order valence-electron chi connectivity index (χ2n) is 13.5. The molecule has 10 rings (SSSR count). The first-order valence-electron chi connectivity index (χ1n) is 16.8. The third-order valence-corrected chi connectivity index (χ3v) is 11.1. The number of fused-ring (bicyclic) bond motifs is 8. The van der Waals surface area contributed by atoms with Gasteiger partial charge in [0.15, 0.2) is 0 Å². The fraction of sp³-hybridized carbons (Fsp3) is 0.300. The zero-order valence-corrected chi connectivity index (χ0v) is 25.4. The monoisotopic (exact) mass is 591 g/mol. The molecule has 1 N–H and O–H groups in total. The number of carboxylic acid groups (broad SMARTS) is 1. The number of benzene rings is 5. The van der Waals surface area contributed by atoms with Crippen molar-refractivity contribution in [3.05, 3.63) is 110 Å². The number of carbonyl (C=O) groups is 1. The second kappa shape index (κ2) is 9.43. The van der Waals surface area contributed by atoms with E-state index >= 15 is 0 Å². The Balaban J connectivity index is 1.35. The third kappa shape index (κ3) is 3.55. The minimum atomic E-state index is -0.911. The normalized spacial score (nSPS) is 17.8. The highest BCUT2D eigenvalue weighted by Crippen LogP contribution is 2.48. The minimum Gasteiger partial charge on any atom is -0.478 e. The second-order valence-corrected chi connectivity index (χ2v) is 13.5. The van der Waals surface area contributed by atoms with Crippen LogP contribution in [-0.2, 0) is 25.7 Å². The van der Waals surface area contributed by atoms with Crippen LogP contribution in [0.2, 0.25) is 0 Å². The van der Waals surface area contributed by atoms with Crippen molar-refractivity contribution in [2.45, 2.75) is 51.4 Å². The lowest BCUT2D eigenvalue weighted by Crippen LogP contribution is -2.43. The first-order valence-corrected chi connectivity index (χ1v) is 16.8. The predicted molar refractivity (Wildman–Crippen MR) is 179 cm³/mol. The molecule has 5 aromatic rings. The van der Waals surface area contributed by atoms with E-state index in [4.69, 9.17) is 4.74 Å². The number of aromatic carboxylic acids is 1. The molecule has 5 aliphatic rings. The summed E-state index contributed by atoms with van der Waals surface area (Å²) in [7, 11) is 0. The Morgan fingerprint density at radius 1 is 0.711 bits per heavy atom. The van der Waals surface area contributed by atoms with E-state index < -0.39 is 5.97 Å². The Bertz CT molecular complexity index is 2290. The van der Waals surface area contributed by atoms with Gasteiger partial charge in [-0.2, -0.15) is 0 Å². The Morgan fingerprint density at radius 2 is 1.42 bits per heavy atom. The molecular formula is C40H35N2O3+. The number of rotatable bonds is 2. The maximum atomic E-state index is 12.6. The summed E-state index contributed by atoms with van der Waals surface area (Å²) < 4.78 is 9.83. The Labute approximate surface area is 261 Å². The van der Waals surface area contributed by atoms with Gasteiger partial charge in [-0.15, -0.1) is 0 Å². The first kappa shape index (κ1) is 25.7. The first-order chi connectivity index (χ1) is 22.2. The SMILES string of the molecule is O=C(O)c1ccccc1C1=c2ccc3c4c5c(cc3c2Oc2c1ccc1c3c6c(cc21)CCCN6CCC3)CCC[N+]=5CCC4. The summed E-state index contributed by atoms with van der Waals surface area (Å²) in [6.07, 6.45) is 9.03. The predicted octanol–water partition coefficient (Wildman–Crippen LogP) is 6.13. The van der Waals surface area contributed by atoms with Gasteiger partial charge >= 0.3 is 5.97 Å². The molecule has 0 bridgehead atoms. The van der Waals surface area contributed by atoms with Crippen LogP contribution in [-0.4, -0.2) is 37.3 Å². The molecule has 0 radical (unpaired) electrons. The Kier molecular flexibility index (Phi) is 5.38. The highest BCUT2D eigenvalue weighted by atomic mass is 16.5. The summed E-state index contributed by atoms with van der Waals surface area (Å²) in [6.45, 7) is 4.56. The summed E-state index contributed by atoms with van der Waals surface area (Å²) in [4.78, 5) is 15.2. The van der Waals surface area contributed by atoms with Crippen molar-refractivity contribution in [2.75, 3.05) is 31.1 Å². The van der Waals surface area contributed by atoms with E-state index in [9.17, 15) is 9.90 Å². The molecule has 0 aromatic heterocycles. The van der Waals surface area contributed by atoms with Gasteiger partial charge in [0.05, 0.1) is 5.56 Å². The molecule has 5 heterocycles. The molecule has 0 saturated heterocycles. The fourth-order valence-electron chi connectivity index (χ4n) is 9.34. The molecule has 0 saturated carbocycles. The van der Waals surface area contributed by atoms with Gasteiger partial charge in [0.25, 0.3) is 0 Å². The van der Waals surface area contributed by atoms with Gasteiger partial charge in [-0.3, -0.25) is 0 Å². The van der Waals surface area contributed by atoms with Crippen molar-refractivity contribution in [2.24, 2.45) is 0 Å². The molecule has 5 aliphatic heterocycles. The van der Waals surface area contributed by atoms with Crippen LogP contribution < -0.4 is 24.8 Å². The quantitative estimate of drug-likeness (QED) is 0.246. The summed E-state index contributed by atoms with van der Waals surface area (Å²) in [5.74, 6) is 0.835. The molecule has 5 nitrogen and oxygen atoms in total. The van der Waals surface area contributed by atoms with Crippen molar-refractivity contribution in [1.82, 2.24) is 4.58 Å². The van der Waals surface area contributed by atoms with Crippen LogP contribution in [0.3, 0.4) is 0 Å². The number of nitrogens with zero attached hydrogens (tertiary/aromatic N) is 2. The van der Waals surface area contributed by atoms with Crippen molar-refractivity contribution >= 4 is 38.8 Å². The lowest BCUT2D eigenvalue weighted by molar-refractivity contribution is 0.0696. The molecule has 45 heavy (non-hydrogen) atoms. The van der Waals surface area contributed by atoms with Crippen LogP contribution >= 0.6 is 0 Å². The van der Waals surface area contributed by atoms with E-state index in [0.29, 0.717) is 5.56 Å². The van der Waals surface area contributed by atoms with Crippen molar-refractivity contribution in [3.63, 3.8) is 0 Å². The van der Waals surface area contributed by atoms with Gasteiger partial charge in [-0.25, -0.2) is 9.37 Å². The standard InChI is InChI=1S/C40H34N2O3/c43-40(44)30-10-2-1-9-27(30)35-31-15-13-25-28-11-5-19-41-17-3-7-23(36(28)41)21-33(25)38(31)45-39-32(35)16-14-26-29-12-6-20-42-18-4-8-24(37(29)42)22-34(26)39/h1-2,9-10,13-16,21-22H,3-8,11-12,17-20H2/p+1. The zero-order chi connectivity index (χ0) is 29.8. The molecular weight excluding hydrogens is 556 g/mol. The molecule has 0 amide bonds. The number of anilines is 1. The number of aryl methyl sites for hydroxylation is 4. The molecule has 5 aromatic carbocycles. The summed E-state index contributed by atoms with van der Waals surface area (Å²) in [6, 6.07) is 21.2. The number of ether oxygens (including phenoxy) is 1. The largest absolute Gasteiger partial charge is 0.478 e. The molecule has 222 valence electrons. The van der Waals surface area contributed by atoms with E-state index in [1.54, 1.807) is 6.07 Å². The van der Waals surface area contributed by atoms with Crippen molar-refractivity contribution in [3.8, 4) is 11.5 Å². The Morgan fingerprint density at radius 3 is 2.31 bits per heavy atom. The highest BCUT2D eigenvalue weighted by molar-refractivity contribution is 6.06. The van der Waals surface area contributed by atoms with Crippen LogP contribution in [0.5, 0.6) is 11.5 Å². The number of carboxylic acids is 1. The molecule has 0 fully saturated rings. The van der Waals surface area contributed by atoms with Gasteiger partial charge < -0.3 is 14.7 Å². The minimum absolute atomic E-state index is 0.318. The van der Waals surface area contributed by atoms with Crippen LogP contribution in [0.25, 0.3) is 27.1 Å². The van der Waals surface area contributed by atoms with Gasteiger partial charge in [-0.1, -0.05) is 30.3 Å². The maximum absolute atomic E-state index is 12.6. The summed E-state index contributed by atoms with van der Waals surface area (Å²) in [5, 5.41) is 17.6. The average Bonchev–Trinajstić information content (AvgIpc) is 3.08. The molecule has 5 heteroatoms. The van der Waals surface area contributed by atoms with Crippen LogP contribution in [0.4, 0.5) is 5.69 Å².